The summed E-state index contributed by atoms with van der Waals surface area (Å²) in [5, 5.41) is 0. The molecule has 0 saturated heterocycles. The van der Waals surface area contributed by atoms with Gasteiger partial charge in [-0.25, -0.2) is 17.5 Å². The number of carbonyl (C=O) groups excluding carboxylic acids is 1. The summed E-state index contributed by atoms with van der Waals surface area (Å²) < 4.78 is 43.3. The van der Waals surface area contributed by atoms with Crippen LogP contribution in [0.4, 0.5) is 10.1 Å². The third kappa shape index (κ3) is 3.08. The van der Waals surface area contributed by atoms with Crippen molar-refractivity contribution in [3.05, 3.63) is 17.9 Å². The number of methoxy groups -OCH3 is 1. The maximum Gasteiger partial charge on any atom is 0.241 e. The molecule has 100 valence electrons. The first-order valence-corrected chi connectivity index (χ1v) is 6.17. The van der Waals surface area contributed by atoms with E-state index in [1.807, 2.05) is 4.72 Å². The molecule has 1 amide bonds. The maximum atomic E-state index is 13.5. The first-order chi connectivity index (χ1) is 8.27. The quantitative estimate of drug-likeness (QED) is 0.606. The largest absolute Gasteiger partial charge is 0.492 e. The zero-order valence-electron chi connectivity index (χ0n) is 9.44. The maximum absolute atomic E-state index is 13.5. The van der Waals surface area contributed by atoms with Crippen LogP contribution in [0.3, 0.4) is 0 Å². The molecule has 0 radical (unpaired) electrons. The Bertz CT molecular complexity index is 550. The fourth-order valence-corrected chi connectivity index (χ4v) is 2.25. The predicted molar refractivity (Wildman–Crippen MR) is 61.7 cm³/mol. The van der Waals surface area contributed by atoms with Crippen LogP contribution in [0.1, 0.15) is 0 Å². The van der Waals surface area contributed by atoms with Crippen molar-refractivity contribution in [1.29, 1.82) is 0 Å². The van der Waals surface area contributed by atoms with E-state index in [-0.39, 0.29) is 11.4 Å². The Hall–Kier alpha value is -1.87. The number of hydrogen-bond acceptors (Lipinski definition) is 5. The summed E-state index contributed by atoms with van der Waals surface area (Å²) in [6, 6.07) is 1.75. The zero-order valence-corrected chi connectivity index (χ0v) is 10.3. The number of nitrogen functional groups attached to an aromatic ring is 1. The summed E-state index contributed by atoms with van der Waals surface area (Å²) in [6.45, 7) is -0.587. The van der Waals surface area contributed by atoms with Gasteiger partial charge >= 0.3 is 0 Å². The van der Waals surface area contributed by atoms with E-state index in [2.05, 4.69) is 4.74 Å². The number of ether oxygens (including phenoxy) is 1. The molecule has 0 aliphatic rings. The summed E-state index contributed by atoms with van der Waals surface area (Å²) in [6.07, 6.45) is 0. The molecule has 0 spiro atoms. The Labute approximate surface area is 103 Å². The number of nitrogens with two attached hydrogens (primary N) is 2. The van der Waals surface area contributed by atoms with Crippen LogP contribution in [-0.2, 0) is 14.8 Å². The predicted octanol–water partition coefficient (Wildman–Crippen LogP) is -0.820. The van der Waals surface area contributed by atoms with E-state index in [9.17, 15) is 17.6 Å². The Morgan fingerprint density at radius 2 is 2.11 bits per heavy atom. The highest BCUT2D eigenvalue weighted by Gasteiger charge is 2.19. The minimum Gasteiger partial charge on any atom is -0.492 e. The van der Waals surface area contributed by atoms with Crippen LogP contribution < -0.4 is 20.9 Å². The van der Waals surface area contributed by atoms with Gasteiger partial charge in [-0.2, -0.15) is 0 Å². The number of amides is 1. The number of anilines is 1. The number of hydrogen-bond donors (Lipinski definition) is 3. The van der Waals surface area contributed by atoms with E-state index in [0.29, 0.717) is 0 Å². The van der Waals surface area contributed by atoms with Crippen molar-refractivity contribution in [2.24, 2.45) is 5.73 Å². The molecule has 9 heteroatoms. The smallest absolute Gasteiger partial charge is 0.241 e. The fourth-order valence-electron chi connectivity index (χ4n) is 1.21. The molecule has 0 fully saturated rings. The molecule has 1 aromatic carbocycles. The molecule has 1 aromatic rings. The first kappa shape index (κ1) is 14.2. The second kappa shape index (κ2) is 5.19. The molecule has 0 atom stereocenters. The number of halogens is 1. The van der Waals surface area contributed by atoms with E-state index in [1.54, 1.807) is 0 Å². The second-order valence-electron chi connectivity index (χ2n) is 3.32. The summed E-state index contributed by atoms with van der Waals surface area (Å²) in [7, 11) is -2.85. The molecule has 1 rings (SSSR count). The van der Waals surface area contributed by atoms with Crippen LogP contribution in [-0.4, -0.2) is 28.0 Å². The molecule has 0 aromatic heterocycles. The van der Waals surface area contributed by atoms with Crippen LogP contribution in [0.25, 0.3) is 0 Å². The highest BCUT2D eigenvalue weighted by molar-refractivity contribution is 7.89. The van der Waals surface area contributed by atoms with E-state index < -0.39 is 33.2 Å². The molecule has 18 heavy (non-hydrogen) atoms. The highest BCUT2D eigenvalue weighted by atomic mass is 32.2. The van der Waals surface area contributed by atoms with Gasteiger partial charge < -0.3 is 16.2 Å². The molecule has 0 saturated carbocycles. The van der Waals surface area contributed by atoms with Gasteiger partial charge in [0.1, 0.15) is 0 Å². The van der Waals surface area contributed by atoms with E-state index in [4.69, 9.17) is 11.5 Å². The molecular formula is C9H12FN3O4S. The lowest BCUT2D eigenvalue weighted by Gasteiger charge is -2.09. The second-order valence-corrected chi connectivity index (χ2v) is 5.09. The van der Waals surface area contributed by atoms with E-state index in [1.165, 1.54) is 7.11 Å². The van der Waals surface area contributed by atoms with Crippen molar-refractivity contribution < 1.29 is 22.3 Å². The van der Waals surface area contributed by atoms with Gasteiger partial charge in [-0.3, -0.25) is 4.79 Å². The van der Waals surface area contributed by atoms with Gasteiger partial charge in [0.25, 0.3) is 0 Å². The summed E-state index contributed by atoms with van der Waals surface area (Å²) in [4.78, 5) is 10.1. The van der Waals surface area contributed by atoms with Gasteiger partial charge in [0, 0.05) is 0 Å². The Kier molecular flexibility index (Phi) is 4.09. The SMILES string of the molecule is COc1c(N)cc(S(=O)(=O)NCC(N)=O)cc1F. The summed E-state index contributed by atoms with van der Waals surface area (Å²) in [5.74, 6) is -2.03. The van der Waals surface area contributed by atoms with Crippen LogP contribution in [0, 0.1) is 5.82 Å². The van der Waals surface area contributed by atoms with E-state index >= 15 is 0 Å². The molecule has 7 nitrogen and oxygen atoms in total. The average molecular weight is 277 g/mol. The molecule has 5 N–H and O–H groups in total. The van der Waals surface area contributed by atoms with Crippen LogP contribution in [0.2, 0.25) is 0 Å². The Morgan fingerprint density at radius 3 is 2.56 bits per heavy atom. The van der Waals surface area contributed by atoms with E-state index in [0.717, 1.165) is 12.1 Å². The monoisotopic (exact) mass is 277 g/mol. The lowest BCUT2D eigenvalue weighted by atomic mass is 10.3. The molecule has 0 aliphatic heterocycles. The normalized spacial score (nSPS) is 11.2. The van der Waals surface area contributed by atoms with Crippen molar-refractivity contribution in [3.8, 4) is 5.75 Å². The number of nitrogens with one attached hydrogen (secondary N) is 1. The number of carbonyl (C=O) groups is 1. The van der Waals surface area contributed by atoms with Gasteiger partial charge in [0.2, 0.25) is 15.9 Å². The minimum absolute atomic E-state index is 0.169. The zero-order chi connectivity index (χ0) is 13.9. The molecular weight excluding hydrogens is 265 g/mol. The molecule has 0 heterocycles. The summed E-state index contributed by atoms with van der Waals surface area (Å²) >= 11 is 0. The van der Waals surface area contributed by atoms with Crippen LogP contribution in [0.15, 0.2) is 17.0 Å². The van der Waals surface area contributed by atoms with Crippen LogP contribution in [0.5, 0.6) is 5.75 Å². The molecule has 0 bridgehead atoms. The molecule has 0 aliphatic carbocycles. The Morgan fingerprint density at radius 1 is 1.50 bits per heavy atom. The van der Waals surface area contributed by atoms with Gasteiger partial charge in [0.05, 0.1) is 24.2 Å². The fraction of sp³-hybridized carbons (Fsp3) is 0.222. The van der Waals surface area contributed by atoms with Gasteiger partial charge in [-0.05, 0) is 12.1 Å². The number of rotatable bonds is 5. The number of benzene rings is 1. The number of primary amides is 1. The lowest BCUT2D eigenvalue weighted by Crippen LogP contribution is -2.33. The standard InChI is InChI=1S/C9H12FN3O4S/c1-17-9-6(10)2-5(3-7(9)11)18(15,16)13-4-8(12)14/h2-3,13H,4,11H2,1H3,(H2,12,14). The minimum atomic E-state index is -4.05. The highest BCUT2D eigenvalue weighted by Crippen LogP contribution is 2.28. The third-order valence-electron chi connectivity index (χ3n) is 2.00. The van der Waals surface area contributed by atoms with Crippen molar-refractivity contribution in [1.82, 2.24) is 4.72 Å². The van der Waals surface area contributed by atoms with Gasteiger partial charge in [-0.15, -0.1) is 0 Å². The average Bonchev–Trinajstić information content (AvgIpc) is 2.26. The van der Waals surface area contributed by atoms with Crippen molar-refractivity contribution in [2.75, 3.05) is 19.4 Å². The molecule has 0 unspecified atom stereocenters. The topological polar surface area (TPSA) is 125 Å². The van der Waals surface area contributed by atoms with Crippen LogP contribution >= 0.6 is 0 Å². The van der Waals surface area contributed by atoms with Gasteiger partial charge in [0.15, 0.2) is 11.6 Å². The third-order valence-corrected chi connectivity index (χ3v) is 3.38. The summed E-state index contributed by atoms with van der Waals surface area (Å²) in [5.41, 5.74) is 10.1. The van der Waals surface area contributed by atoms with Crippen molar-refractivity contribution >= 4 is 21.6 Å². The van der Waals surface area contributed by atoms with Crippen molar-refractivity contribution in [2.45, 2.75) is 4.90 Å². The Balaban J connectivity index is 3.14. The van der Waals surface area contributed by atoms with Crippen molar-refractivity contribution in [3.63, 3.8) is 0 Å². The number of sulfonamides is 1. The van der Waals surface area contributed by atoms with Gasteiger partial charge in [-0.1, -0.05) is 0 Å². The first-order valence-electron chi connectivity index (χ1n) is 4.69. The lowest BCUT2D eigenvalue weighted by molar-refractivity contribution is -0.116.